The van der Waals surface area contributed by atoms with Gasteiger partial charge in [0.15, 0.2) is 5.82 Å². The maximum Gasteiger partial charge on any atom is 0.319 e. The standard InChI is InChI=1S/C22H27N7O/c1-22(2,3)16-6-8-17(9-7-16)27-21(30)25-14-13-24-19-10-11-20(29-28-19)26-18-5-4-12-23-15-18/h4-12,15H,13-14H2,1-3H3,(H,24,28)(H,26,29)(H2,25,27,30). The van der Waals surface area contributed by atoms with E-state index in [0.29, 0.717) is 24.7 Å². The molecule has 0 bridgehead atoms. The molecular formula is C22H27N7O. The Morgan fingerprint density at radius 1 is 0.900 bits per heavy atom. The first-order valence-corrected chi connectivity index (χ1v) is 9.80. The summed E-state index contributed by atoms with van der Waals surface area (Å²) in [5, 5.41) is 20.1. The van der Waals surface area contributed by atoms with Crippen molar-refractivity contribution < 1.29 is 4.79 Å². The zero-order valence-electron chi connectivity index (χ0n) is 17.4. The van der Waals surface area contributed by atoms with E-state index in [-0.39, 0.29) is 11.4 Å². The number of nitrogens with one attached hydrogen (secondary N) is 4. The van der Waals surface area contributed by atoms with Crippen LogP contribution in [-0.4, -0.2) is 34.3 Å². The molecule has 4 N–H and O–H groups in total. The van der Waals surface area contributed by atoms with Gasteiger partial charge < -0.3 is 21.3 Å². The molecule has 8 nitrogen and oxygen atoms in total. The number of hydrogen-bond acceptors (Lipinski definition) is 6. The zero-order valence-corrected chi connectivity index (χ0v) is 17.4. The summed E-state index contributed by atoms with van der Waals surface area (Å²) in [6.07, 6.45) is 3.42. The molecule has 156 valence electrons. The van der Waals surface area contributed by atoms with Crippen molar-refractivity contribution in [3.63, 3.8) is 0 Å². The summed E-state index contributed by atoms with van der Waals surface area (Å²) in [5.41, 5.74) is 2.91. The number of urea groups is 1. The fraction of sp³-hybridized carbons (Fsp3) is 0.273. The van der Waals surface area contributed by atoms with E-state index >= 15 is 0 Å². The predicted octanol–water partition coefficient (Wildman–Crippen LogP) is 4.15. The predicted molar refractivity (Wildman–Crippen MR) is 120 cm³/mol. The summed E-state index contributed by atoms with van der Waals surface area (Å²) < 4.78 is 0. The molecule has 0 fully saturated rings. The number of carbonyl (C=O) groups excluding carboxylic acids is 1. The summed E-state index contributed by atoms with van der Waals surface area (Å²) in [6, 6.07) is 15.0. The van der Waals surface area contributed by atoms with Crippen LogP contribution in [0.2, 0.25) is 0 Å². The second-order valence-electron chi connectivity index (χ2n) is 7.81. The summed E-state index contributed by atoms with van der Waals surface area (Å²) >= 11 is 0. The van der Waals surface area contributed by atoms with E-state index in [1.165, 1.54) is 5.56 Å². The molecular weight excluding hydrogens is 378 g/mol. The normalized spacial score (nSPS) is 10.9. The summed E-state index contributed by atoms with van der Waals surface area (Å²) in [7, 11) is 0. The van der Waals surface area contributed by atoms with Crippen LogP contribution < -0.4 is 21.3 Å². The first-order valence-electron chi connectivity index (χ1n) is 9.80. The highest BCUT2D eigenvalue weighted by molar-refractivity contribution is 5.89. The van der Waals surface area contributed by atoms with E-state index in [0.717, 1.165) is 11.4 Å². The smallest absolute Gasteiger partial charge is 0.319 e. The Kier molecular flexibility index (Phi) is 6.79. The van der Waals surface area contributed by atoms with Gasteiger partial charge in [-0.1, -0.05) is 32.9 Å². The van der Waals surface area contributed by atoms with Gasteiger partial charge in [0, 0.05) is 25.0 Å². The SMILES string of the molecule is CC(C)(C)c1ccc(NC(=O)NCCNc2ccc(Nc3cccnc3)nn2)cc1. The molecule has 0 unspecified atom stereocenters. The zero-order chi connectivity index (χ0) is 21.4. The van der Waals surface area contributed by atoms with Crippen LogP contribution in [-0.2, 0) is 5.41 Å². The molecule has 0 spiro atoms. The van der Waals surface area contributed by atoms with E-state index < -0.39 is 0 Å². The molecule has 30 heavy (non-hydrogen) atoms. The van der Waals surface area contributed by atoms with Crippen molar-refractivity contribution in [3.8, 4) is 0 Å². The minimum Gasteiger partial charge on any atom is -0.367 e. The van der Waals surface area contributed by atoms with Crippen molar-refractivity contribution in [2.45, 2.75) is 26.2 Å². The Bertz CT molecular complexity index is 936. The van der Waals surface area contributed by atoms with Crippen LogP contribution in [0.5, 0.6) is 0 Å². The van der Waals surface area contributed by atoms with E-state index in [1.807, 2.05) is 48.5 Å². The third kappa shape index (κ3) is 6.44. The van der Waals surface area contributed by atoms with Gasteiger partial charge in [-0.05, 0) is 47.4 Å². The number of carbonyl (C=O) groups is 1. The van der Waals surface area contributed by atoms with Crippen molar-refractivity contribution in [2.75, 3.05) is 29.0 Å². The second kappa shape index (κ2) is 9.69. The fourth-order valence-electron chi connectivity index (χ4n) is 2.67. The van der Waals surface area contributed by atoms with E-state index in [4.69, 9.17) is 0 Å². The van der Waals surface area contributed by atoms with Gasteiger partial charge in [0.1, 0.15) is 5.82 Å². The maximum atomic E-state index is 12.0. The van der Waals surface area contributed by atoms with Crippen LogP contribution in [0, 0.1) is 0 Å². The minimum atomic E-state index is -0.248. The molecule has 3 rings (SSSR count). The van der Waals surface area contributed by atoms with Gasteiger partial charge in [-0.25, -0.2) is 4.79 Å². The fourth-order valence-corrected chi connectivity index (χ4v) is 2.67. The van der Waals surface area contributed by atoms with Crippen molar-refractivity contribution in [1.29, 1.82) is 0 Å². The van der Waals surface area contributed by atoms with E-state index in [1.54, 1.807) is 12.4 Å². The minimum absolute atomic E-state index is 0.0857. The number of nitrogens with zero attached hydrogens (tertiary/aromatic N) is 3. The Labute approximate surface area is 176 Å². The Hall–Kier alpha value is -3.68. The van der Waals surface area contributed by atoms with Crippen LogP contribution in [0.25, 0.3) is 0 Å². The van der Waals surface area contributed by atoms with Crippen LogP contribution in [0.15, 0.2) is 60.9 Å². The number of pyridine rings is 1. The second-order valence-corrected chi connectivity index (χ2v) is 7.81. The molecule has 8 heteroatoms. The summed E-state index contributed by atoms with van der Waals surface area (Å²) in [6.45, 7) is 7.45. The number of hydrogen-bond donors (Lipinski definition) is 4. The summed E-state index contributed by atoms with van der Waals surface area (Å²) in [4.78, 5) is 16.1. The van der Waals surface area contributed by atoms with Crippen molar-refractivity contribution in [3.05, 3.63) is 66.5 Å². The van der Waals surface area contributed by atoms with Crippen molar-refractivity contribution >= 4 is 29.0 Å². The van der Waals surface area contributed by atoms with Crippen LogP contribution >= 0.6 is 0 Å². The van der Waals surface area contributed by atoms with Gasteiger partial charge in [0.2, 0.25) is 0 Å². The van der Waals surface area contributed by atoms with Gasteiger partial charge in [-0.2, -0.15) is 0 Å². The molecule has 0 radical (unpaired) electrons. The van der Waals surface area contributed by atoms with Gasteiger partial charge in [0.05, 0.1) is 11.9 Å². The number of rotatable bonds is 7. The first kappa shape index (κ1) is 21.0. The third-order valence-corrected chi connectivity index (χ3v) is 4.32. The molecule has 1 aromatic carbocycles. The highest BCUT2D eigenvalue weighted by atomic mass is 16.2. The van der Waals surface area contributed by atoms with Crippen LogP contribution in [0.1, 0.15) is 26.3 Å². The highest BCUT2D eigenvalue weighted by Gasteiger charge is 2.13. The monoisotopic (exact) mass is 405 g/mol. The molecule has 0 aliphatic rings. The molecule has 2 aromatic heterocycles. The first-order chi connectivity index (χ1) is 14.4. The average Bonchev–Trinajstić information content (AvgIpc) is 2.73. The lowest BCUT2D eigenvalue weighted by atomic mass is 9.87. The quantitative estimate of drug-likeness (QED) is 0.440. The van der Waals surface area contributed by atoms with Gasteiger partial charge in [0.25, 0.3) is 0 Å². The molecule has 0 saturated carbocycles. The highest BCUT2D eigenvalue weighted by Crippen LogP contribution is 2.23. The van der Waals surface area contributed by atoms with Gasteiger partial charge in [-0.15, -0.1) is 10.2 Å². The Morgan fingerprint density at radius 3 is 2.27 bits per heavy atom. The Morgan fingerprint density at radius 2 is 1.63 bits per heavy atom. The molecule has 0 atom stereocenters. The maximum absolute atomic E-state index is 12.0. The number of amides is 2. The topological polar surface area (TPSA) is 104 Å². The molecule has 2 heterocycles. The lowest BCUT2D eigenvalue weighted by molar-refractivity contribution is 0.252. The lowest BCUT2D eigenvalue weighted by Gasteiger charge is -2.19. The molecule has 0 aliphatic carbocycles. The molecule has 0 saturated heterocycles. The van der Waals surface area contributed by atoms with Crippen LogP contribution in [0.3, 0.4) is 0 Å². The van der Waals surface area contributed by atoms with Gasteiger partial charge in [-0.3, -0.25) is 4.98 Å². The van der Waals surface area contributed by atoms with Gasteiger partial charge >= 0.3 is 6.03 Å². The van der Waals surface area contributed by atoms with Crippen molar-refractivity contribution in [1.82, 2.24) is 20.5 Å². The Balaban J connectivity index is 1.37. The lowest BCUT2D eigenvalue weighted by Crippen LogP contribution is -2.32. The van der Waals surface area contributed by atoms with Crippen LogP contribution in [0.4, 0.5) is 27.8 Å². The molecule has 0 aliphatic heterocycles. The van der Waals surface area contributed by atoms with E-state index in [9.17, 15) is 4.79 Å². The largest absolute Gasteiger partial charge is 0.367 e. The van der Waals surface area contributed by atoms with Crippen molar-refractivity contribution in [2.24, 2.45) is 0 Å². The third-order valence-electron chi connectivity index (χ3n) is 4.32. The average molecular weight is 406 g/mol. The number of aromatic nitrogens is 3. The number of anilines is 4. The molecule has 2 amide bonds. The summed E-state index contributed by atoms with van der Waals surface area (Å²) in [5.74, 6) is 1.26. The van der Waals surface area contributed by atoms with E-state index in [2.05, 4.69) is 57.2 Å². The molecule has 3 aromatic rings. The number of benzene rings is 1.